The second-order valence-electron chi connectivity index (χ2n) is 4.53. The minimum atomic E-state index is -0.905. The number of rotatable bonds is 10. The number of nitrogens with zero attached hydrogens (tertiary/aromatic N) is 2. The molecule has 112 valence electrons. The summed E-state index contributed by atoms with van der Waals surface area (Å²) in [5.74, 6) is -1.39. The summed E-state index contributed by atoms with van der Waals surface area (Å²) in [5, 5.41) is 22.7. The molecule has 3 N–H and O–H groups in total. The molecule has 0 saturated carbocycles. The molecule has 0 aliphatic rings. The topological polar surface area (TPSA) is 105 Å². The van der Waals surface area contributed by atoms with Crippen molar-refractivity contribution in [2.75, 3.05) is 33.7 Å². The van der Waals surface area contributed by atoms with Crippen molar-refractivity contribution >= 4 is 11.9 Å². The molecule has 0 aromatic rings. The van der Waals surface area contributed by atoms with E-state index in [1.807, 2.05) is 25.1 Å². The normalized spacial score (nSPS) is 11.0. The Morgan fingerprint density at radius 1 is 1.30 bits per heavy atom. The Kier molecular flexibility index (Phi) is 9.70. The Morgan fingerprint density at radius 2 is 2.00 bits per heavy atom. The molecule has 0 aliphatic carbocycles. The molecule has 0 fully saturated rings. The van der Waals surface area contributed by atoms with Crippen molar-refractivity contribution in [3.63, 3.8) is 0 Å². The number of nitrogens with one attached hydrogen (secondary N) is 2. The molecule has 0 rings (SSSR count). The van der Waals surface area contributed by atoms with E-state index in [4.69, 9.17) is 10.4 Å². The molecule has 0 saturated heterocycles. The van der Waals surface area contributed by atoms with Gasteiger partial charge < -0.3 is 20.6 Å². The van der Waals surface area contributed by atoms with Gasteiger partial charge in [-0.05, 0) is 33.5 Å². The number of aliphatic carboxylic acids is 1. The summed E-state index contributed by atoms with van der Waals surface area (Å²) < 4.78 is 0. The van der Waals surface area contributed by atoms with E-state index in [9.17, 15) is 9.59 Å². The van der Waals surface area contributed by atoms with Crippen molar-refractivity contribution in [2.24, 2.45) is 0 Å². The first-order chi connectivity index (χ1) is 9.47. The fourth-order valence-electron chi connectivity index (χ4n) is 1.36. The predicted molar refractivity (Wildman–Crippen MR) is 74.7 cm³/mol. The summed E-state index contributed by atoms with van der Waals surface area (Å²) >= 11 is 0. The number of hydrogen-bond acceptors (Lipinski definition) is 5. The monoisotopic (exact) mass is 282 g/mol. The Bertz CT molecular complexity index is 386. The summed E-state index contributed by atoms with van der Waals surface area (Å²) in [6, 6.07) is 1.81. The lowest BCUT2D eigenvalue weighted by Crippen LogP contribution is -2.27. The SMILES string of the molecule is CN(C)CCCN/C=C(/C#N)C(=O)NCCCC(=O)O. The lowest BCUT2D eigenvalue weighted by molar-refractivity contribution is -0.137. The predicted octanol–water partition coefficient (Wildman–Crippen LogP) is -0.0838. The molecule has 0 radical (unpaired) electrons. The number of amides is 1. The first-order valence-corrected chi connectivity index (χ1v) is 6.45. The summed E-state index contributed by atoms with van der Waals surface area (Å²) in [6.45, 7) is 1.84. The Balaban J connectivity index is 3.95. The maximum atomic E-state index is 11.6. The van der Waals surface area contributed by atoms with Crippen molar-refractivity contribution in [1.82, 2.24) is 15.5 Å². The molecular weight excluding hydrogens is 260 g/mol. The van der Waals surface area contributed by atoms with Crippen LogP contribution in [0, 0.1) is 11.3 Å². The van der Waals surface area contributed by atoms with Crippen molar-refractivity contribution < 1.29 is 14.7 Å². The van der Waals surface area contributed by atoms with Crippen LogP contribution in [-0.2, 0) is 9.59 Å². The summed E-state index contributed by atoms with van der Waals surface area (Å²) in [5.41, 5.74) is -0.00909. The highest BCUT2D eigenvalue weighted by Gasteiger charge is 2.07. The lowest BCUT2D eigenvalue weighted by atomic mass is 10.2. The van der Waals surface area contributed by atoms with Crippen molar-refractivity contribution in [3.8, 4) is 6.07 Å². The smallest absolute Gasteiger partial charge is 0.303 e. The third kappa shape index (κ3) is 9.91. The van der Waals surface area contributed by atoms with Crippen LogP contribution in [-0.4, -0.2) is 55.6 Å². The number of carbonyl (C=O) groups excluding carboxylic acids is 1. The Labute approximate surface area is 119 Å². The van der Waals surface area contributed by atoms with E-state index < -0.39 is 11.9 Å². The zero-order chi connectivity index (χ0) is 15.4. The lowest BCUT2D eigenvalue weighted by Gasteiger charge is -2.09. The van der Waals surface area contributed by atoms with Gasteiger partial charge in [-0.25, -0.2) is 0 Å². The van der Waals surface area contributed by atoms with Crippen molar-refractivity contribution in [3.05, 3.63) is 11.8 Å². The first kappa shape index (κ1) is 17.9. The minimum absolute atomic E-state index is 0.00529. The molecule has 0 aromatic heterocycles. The third-order valence-electron chi connectivity index (χ3n) is 2.39. The third-order valence-corrected chi connectivity index (χ3v) is 2.39. The second kappa shape index (κ2) is 10.8. The number of hydrogen-bond donors (Lipinski definition) is 3. The number of carbonyl (C=O) groups is 2. The molecule has 1 amide bonds. The zero-order valence-corrected chi connectivity index (χ0v) is 12.0. The van der Waals surface area contributed by atoms with E-state index in [1.54, 1.807) is 0 Å². The van der Waals surface area contributed by atoms with E-state index in [2.05, 4.69) is 10.6 Å². The van der Waals surface area contributed by atoms with E-state index in [0.717, 1.165) is 13.0 Å². The van der Waals surface area contributed by atoms with Gasteiger partial charge in [-0.15, -0.1) is 0 Å². The highest BCUT2D eigenvalue weighted by atomic mass is 16.4. The summed E-state index contributed by atoms with van der Waals surface area (Å²) in [7, 11) is 3.95. The molecule has 0 aliphatic heterocycles. The van der Waals surface area contributed by atoms with Crippen LogP contribution in [0.3, 0.4) is 0 Å². The van der Waals surface area contributed by atoms with Gasteiger partial charge in [0.15, 0.2) is 0 Å². The Hall–Kier alpha value is -2.07. The number of carboxylic acid groups (broad SMARTS) is 1. The molecule has 0 heterocycles. The van der Waals surface area contributed by atoms with Crippen LogP contribution >= 0.6 is 0 Å². The maximum Gasteiger partial charge on any atom is 0.303 e. The molecule has 0 bridgehead atoms. The Morgan fingerprint density at radius 3 is 2.55 bits per heavy atom. The van der Waals surface area contributed by atoms with E-state index >= 15 is 0 Å². The zero-order valence-electron chi connectivity index (χ0n) is 12.0. The van der Waals surface area contributed by atoms with E-state index in [0.29, 0.717) is 13.0 Å². The molecule has 0 spiro atoms. The fourth-order valence-corrected chi connectivity index (χ4v) is 1.36. The molecule has 0 atom stereocenters. The molecule has 7 nitrogen and oxygen atoms in total. The first-order valence-electron chi connectivity index (χ1n) is 6.45. The van der Waals surface area contributed by atoms with Gasteiger partial charge in [0.05, 0.1) is 0 Å². The van der Waals surface area contributed by atoms with Gasteiger partial charge in [0, 0.05) is 25.7 Å². The van der Waals surface area contributed by atoms with Crippen LogP contribution in [0.25, 0.3) is 0 Å². The van der Waals surface area contributed by atoms with Crippen LogP contribution in [0.4, 0.5) is 0 Å². The average molecular weight is 282 g/mol. The van der Waals surface area contributed by atoms with Gasteiger partial charge in [-0.2, -0.15) is 5.26 Å². The van der Waals surface area contributed by atoms with Gasteiger partial charge in [-0.3, -0.25) is 9.59 Å². The molecule has 20 heavy (non-hydrogen) atoms. The van der Waals surface area contributed by atoms with Crippen molar-refractivity contribution in [2.45, 2.75) is 19.3 Å². The van der Waals surface area contributed by atoms with E-state index in [-0.39, 0.29) is 18.5 Å². The molecule has 7 heteroatoms. The standard InChI is InChI=1S/C13H22N4O3/c1-17(2)8-4-6-15-10-11(9-14)13(20)16-7-3-5-12(18)19/h10,15H,3-8H2,1-2H3,(H,16,20)(H,18,19)/b11-10-. The number of nitriles is 1. The second-order valence-corrected chi connectivity index (χ2v) is 4.53. The van der Waals surface area contributed by atoms with Gasteiger partial charge in [-0.1, -0.05) is 0 Å². The van der Waals surface area contributed by atoms with Crippen molar-refractivity contribution in [1.29, 1.82) is 5.26 Å². The van der Waals surface area contributed by atoms with Gasteiger partial charge >= 0.3 is 5.97 Å². The minimum Gasteiger partial charge on any atom is -0.481 e. The summed E-state index contributed by atoms with van der Waals surface area (Å²) in [4.78, 5) is 23.9. The van der Waals surface area contributed by atoms with Crippen LogP contribution in [0.1, 0.15) is 19.3 Å². The summed E-state index contributed by atoms with van der Waals surface area (Å²) in [6.07, 6.45) is 2.63. The van der Waals surface area contributed by atoms with E-state index in [1.165, 1.54) is 6.20 Å². The average Bonchev–Trinajstić information content (AvgIpc) is 2.38. The van der Waals surface area contributed by atoms with Gasteiger partial charge in [0.25, 0.3) is 5.91 Å². The highest BCUT2D eigenvalue weighted by Crippen LogP contribution is 1.92. The van der Waals surface area contributed by atoms with Crippen LogP contribution in [0.5, 0.6) is 0 Å². The highest BCUT2D eigenvalue weighted by molar-refractivity contribution is 5.97. The fraction of sp³-hybridized carbons (Fsp3) is 0.615. The number of carboxylic acids is 1. The van der Waals surface area contributed by atoms with Gasteiger partial charge in [0.2, 0.25) is 0 Å². The van der Waals surface area contributed by atoms with Crippen LogP contribution < -0.4 is 10.6 Å². The van der Waals surface area contributed by atoms with Crippen LogP contribution in [0.15, 0.2) is 11.8 Å². The van der Waals surface area contributed by atoms with Gasteiger partial charge in [0.1, 0.15) is 11.6 Å². The molecular formula is C13H22N4O3. The largest absolute Gasteiger partial charge is 0.481 e. The quantitative estimate of drug-likeness (QED) is 0.294. The van der Waals surface area contributed by atoms with Crippen LogP contribution in [0.2, 0.25) is 0 Å². The molecule has 0 unspecified atom stereocenters. The molecule has 0 aromatic carbocycles. The maximum absolute atomic E-state index is 11.6.